The van der Waals surface area contributed by atoms with E-state index in [2.05, 4.69) is 30.6 Å². The number of aromatic nitrogens is 4. The van der Waals surface area contributed by atoms with Gasteiger partial charge in [-0.1, -0.05) is 6.07 Å². The summed E-state index contributed by atoms with van der Waals surface area (Å²) >= 11 is 0. The number of anilines is 4. The maximum atomic E-state index is 4.39. The van der Waals surface area contributed by atoms with Crippen LogP contribution in [0.1, 0.15) is 17.1 Å². The summed E-state index contributed by atoms with van der Waals surface area (Å²) in [6.45, 7) is 5.84. The Bertz CT molecular complexity index is 811. The van der Waals surface area contributed by atoms with Gasteiger partial charge in [0.15, 0.2) is 0 Å². The molecular formula is C17H18N6. The molecule has 0 fully saturated rings. The molecule has 116 valence electrons. The first-order valence-corrected chi connectivity index (χ1v) is 7.33. The highest BCUT2D eigenvalue weighted by atomic mass is 15.1. The Kier molecular flexibility index (Phi) is 4.14. The molecule has 0 aliphatic carbocycles. The molecule has 0 saturated heterocycles. The van der Waals surface area contributed by atoms with E-state index in [0.29, 0.717) is 5.95 Å². The quantitative estimate of drug-likeness (QED) is 0.766. The molecule has 0 aliphatic heterocycles. The van der Waals surface area contributed by atoms with Gasteiger partial charge in [0.05, 0.1) is 0 Å². The van der Waals surface area contributed by atoms with Crippen LogP contribution in [0.5, 0.6) is 0 Å². The molecule has 0 spiro atoms. The molecule has 2 N–H and O–H groups in total. The number of benzene rings is 1. The van der Waals surface area contributed by atoms with E-state index in [-0.39, 0.29) is 0 Å². The number of aryl methyl sites for hydroxylation is 3. The van der Waals surface area contributed by atoms with Gasteiger partial charge in [-0.3, -0.25) is 0 Å². The number of nitrogens with zero attached hydrogens (tertiary/aromatic N) is 4. The van der Waals surface area contributed by atoms with E-state index in [0.717, 1.165) is 34.3 Å². The van der Waals surface area contributed by atoms with Gasteiger partial charge in [0, 0.05) is 34.5 Å². The molecule has 3 aromatic rings. The van der Waals surface area contributed by atoms with E-state index in [1.54, 1.807) is 6.33 Å². The molecule has 0 aliphatic rings. The lowest BCUT2D eigenvalue weighted by Gasteiger charge is -2.10. The van der Waals surface area contributed by atoms with Crippen molar-refractivity contribution in [3.8, 4) is 0 Å². The number of hydrogen-bond acceptors (Lipinski definition) is 6. The van der Waals surface area contributed by atoms with E-state index in [4.69, 9.17) is 0 Å². The highest BCUT2D eigenvalue weighted by molar-refractivity contribution is 5.65. The van der Waals surface area contributed by atoms with Gasteiger partial charge in [-0.05, 0) is 45.0 Å². The molecule has 1 aromatic carbocycles. The maximum absolute atomic E-state index is 4.39. The van der Waals surface area contributed by atoms with Crippen molar-refractivity contribution in [2.24, 2.45) is 0 Å². The Morgan fingerprint density at radius 3 is 2.13 bits per heavy atom. The lowest BCUT2D eigenvalue weighted by Crippen LogP contribution is -2.01. The van der Waals surface area contributed by atoms with Gasteiger partial charge in [-0.15, -0.1) is 0 Å². The van der Waals surface area contributed by atoms with Crippen molar-refractivity contribution in [1.82, 2.24) is 19.9 Å². The monoisotopic (exact) mass is 306 g/mol. The maximum Gasteiger partial charge on any atom is 0.227 e. The molecule has 0 bridgehead atoms. The van der Waals surface area contributed by atoms with Crippen LogP contribution < -0.4 is 10.6 Å². The topological polar surface area (TPSA) is 75.6 Å². The first-order chi connectivity index (χ1) is 11.1. The fourth-order valence-electron chi connectivity index (χ4n) is 2.26. The van der Waals surface area contributed by atoms with E-state index in [1.165, 1.54) is 0 Å². The molecular weight excluding hydrogens is 288 g/mol. The van der Waals surface area contributed by atoms with E-state index in [9.17, 15) is 0 Å². The third-order valence-corrected chi connectivity index (χ3v) is 3.18. The summed E-state index contributed by atoms with van der Waals surface area (Å²) in [6.07, 6.45) is 1.54. The Labute approximate surface area is 135 Å². The number of nitrogens with one attached hydrogen (secondary N) is 2. The van der Waals surface area contributed by atoms with Crippen molar-refractivity contribution in [1.29, 1.82) is 0 Å². The van der Waals surface area contributed by atoms with Crippen molar-refractivity contribution < 1.29 is 0 Å². The van der Waals surface area contributed by atoms with Crippen molar-refractivity contribution >= 4 is 23.1 Å². The van der Waals surface area contributed by atoms with Crippen LogP contribution in [0.4, 0.5) is 23.1 Å². The highest BCUT2D eigenvalue weighted by Gasteiger charge is 2.02. The van der Waals surface area contributed by atoms with Gasteiger partial charge in [0.25, 0.3) is 0 Å². The van der Waals surface area contributed by atoms with E-state index < -0.39 is 0 Å². The average molecular weight is 306 g/mol. The molecule has 0 atom stereocenters. The van der Waals surface area contributed by atoms with Crippen LogP contribution in [0.3, 0.4) is 0 Å². The molecule has 6 heteroatoms. The van der Waals surface area contributed by atoms with Crippen LogP contribution >= 0.6 is 0 Å². The fourth-order valence-corrected chi connectivity index (χ4v) is 2.26. The Hall–Kier alpha value is -3.02. The second-order valence-electron chi connectivity index (χ2n) is 5.35. The standard InChI is InChI=1S/C17H18N6/c1-11-8-16(19-10-18-11)22-14-5-4-6-15(9-14)23-17-20-12(2)7-13(3)21-17/h4-10H,1-3H3,(H,18,19,22)(H,20,21,23). The summed E-state index contributed by atoms with van der Waals surface area (Å²) in [5, 5.41) is 6.49. The van der Waals surface area contributed by atoms with Crippen LogP contribution in [-0.2, 0) is 0 Å². The Morgan fingerprint density at radius 1 is 0.739 bits per heavy atom. The fraction of sp³-hybridized carbons (Fsp3) is 0.176. The minimum absolute atomic E-state index is 0.595. The second kappa shape index (κ2) is 6.39. The average Bonchev–Trinajstić information content (AvgIpc) is 2.46. The number of hydrogen-bond donors (Lipinski definition) is 2. The zero-order chi connectivity index (χ0) is 16.2. The van der Waals surface area contributed by atoms with Crippen molar-refractivity contribution in [3.05, 3.63) is 59.8 Å². The van der Waals surface area contributed by atoms with Gasteiger partial charge in [0.2, 0.25) is 5.95 Å². The van der Waals surface area contributed by atoms with Gasteiger partial charge < -0.3 is 10.6 Å². The summed E-state index contributed by atoms with van der Waals surface area (Å²) in [5.74, 6) is 1.36. The Balaban J connectivity index is 1.79. The van der Waals surface area contributed by atoms with Crippen molar-refractivity contribution in [2.75, 3.05) is 10.6 Å². The predicted molar refractivity (Wildman–Crippen MR) is 91.3 cm³/mol. The molecule has 0 unspecified atom stereocenters. The lowest BCUT2D eigenvalue weighted by atomic mass is 10.2. The zero-order valence-corrected chi connectivity index (χ0v) is 13.3. The molecule has 0 radical (unpaired) electrons. The smallest absolute Gasteiger partial charge is 0.227 e. The van der Waals surface area contributed by atoms with Crippen LogP contribution in [0.25, 0.3) is 0 Å². The van der Waals surface area contributed by atoms with Crippen LogP contribution in [0.15, 0.2) is 42.7 Å². The summed E-state index contributed by atoms with van der Waals surface area (Å²) in [5.41, 5.74) is 4.63. The summed E-state index contributed by atoms with van der Waals surface area (Å²) in [4.78, 5) is 17.1. The molecule has 3 rings (SSSR count). The van der Waals surface area contributed by atoms with Gasteiger partial charge in [-0.25, -0.2) is 19.9 Å². The van der Waals surface area contributed by atoms with E-state index in [1.807, 2.05) is 57.2 Å². The van der Waals surface area contributed by atoms with Crippen molar-refractivity contribution in [2.45, 2.75) is 20.8 Å². The van der Waals surface area contributed by atoms with Gasteiger partial charge in [0.1, 0.15) is 12.1 Å². The van der Waals surface area contributed by atoms with Crippen LogP contribution in [-0.4, -0.2) is 19.9 Å². The molecule has 23 heavy (non-hydrogen) atoms. The third kappa shape index (κ3) is 4.00. The molecule has 2 heterocycles. The normalized spacial score (nSPS) is 10.4. The predicted octanol–water partition coefficient (Wildman–Crippen LogP) is 3.68. The Morgan fingerprint density at radius 2 is 1.43 bits per heavy atom. The molecule has 0 amide bonds. The summed E-state index contributed by atoms with van der Waals surface area (Å²) < 4.78 is 0. The highest BCUT2D eigenvalue weighted by Crippen LogP contribution is 2.21. The number of rotatable bonds is 4. The molecule has 0 saturated carbocycles. The molecule has 6 nitrogen and oxygen atoms in total. The third-order valence-electron chi connectivity index (χ3n) is 3.18. The first-order valence-electron chi connectivity index (χ1n) is 7.33. The van der Waals surface area contributed by atoms with Crippen LogP contribution in [0, 0.1) is 20.8 Å². The lowest BCUT2D eigenvalue weighted by molar-refractivity contribution is 1.06. The van der Waals surface area contributed by atoms with Crippen LogP contribution in [0.2, 0.25) is 0 Å². The zero-order valence-electron chi connectivity index (χ0n) is 13.3. The van der Waals surface area contributed by atoms with E-state index >= 15 is 0 Å². The SMILES string of the molecule is Cc1cc(Nc2cccc(Nc3nc(C)cc(C)n3)c2)ncn1. The first kappa shape index (κ1) is 14.9. The largest absolute Gasteiger partial charge is 0.340 e. The minimum Gasteiger partial charge on any atom is -0.340 e. The summed E-state index contributed by atoms with van der Waals surface area (Å²) in [7, 11) is 0. The minimum atomic E-state index is 0.595. The molecule has 2 aromatic heterocycles. The summed E-state index contributed by atoms with van der Waals surface area (Å²) in [6, 6.07) is 11.7. The van der Waals surface area contributed by atoms with Crippen molar-refractivity contribution in [3.63, 3.8) is 0 Å². The van der Waals surface area contributed by atoms with Gasteiger partial charge in [-0.2, -0.15) is 0 Å². The van der Waals surface area contributed by atoms with Gasteiger partial charge >= 0.3 is 0 Å². The second-order valence-corrected chi connectivity index (χ2v) is 5.35.